The molecule has 1 heterocycles. The van der Waals surface area contributed by atoms with Crippen molar-refractivity contribution in [3.8, 4) is 0 Å². The van der Waals surface area contributed by atoms with Gasteiger partial charge in [0.25, 0.3) is 5.91 Å². The van der Waals surface area contributed by atoms with Crippen LogP contribution in [0.25, 0.3) is 0 Å². The molecule has 0 aromatic heterocycles. The van der Waals surface area contributed by atoms with Crippen molar-refractivity contribution in [3.05, 3.63) is 59.4 Å². The van der Waals surface area contributed by atoms with E-state index in [1.165, 1.54) is 43.3 Å². The van der Waals surface area contributed by atoms with Crippen LogP contribution in [0.5, 0.6) is 0 Å². The summed E-state index contributed by atoms with van der Waals surface area (Å²) in [5.74, 6) is -2.38. The van der Waals surface area contributed by atoms with Gasteiger partial charge in [0.1, 0.15) is 5.82 Å². The van der Waals surface area contributed by atoms with Gasteiger partial charge in [0.15, 0.2) is 6.10 Å². The number of hydrogen-bond acceptors (Lipinski definition) is 5. The van der Waals surface area contributed by atoms with Gasteiger partial charge in [-0.05, 0) is 55.8 Å². The zero-order valence-electron chi connectivity index (χ0n) is 15.9. The van der Waals surface area contributed by atoms with Crippen molar-refractivity contribution < 1.29 is 28.3 Å². The van der Waals surface area contributed by atoms with Crippen LogP contribution in [0.15, 0.2) is 42.5 Å². The Morgan fingerprint density at radius 2 is 1.69 bits per heavy atom. The van der Waals surface area contributed by atoms with Crippen molar-refractivity contribution in [2.45, 2.75) is 32.8 Å². The number of esters is 1. The summed E-state index contributed by atoms with van der Waals surface area (Å²) in [5, 5.41) is 2.48. The molecule has 0 aliphatic carbocycles. The van der Waals surface area contributed by atoms with E-state index in [0.29, 0.717) is 11.3 Å². The molecule has 0 spiro atoms. The van der Waals surface area contributed by atoms with Crippen molar-refractivity contribution >= 4 is 35.1 Å². The summed E-state index contributed by atoms with van der Waals surface area (Å²) in [6.45, 7) is 3.00. The van der Waals surface area contributed by atoms with Crippen LogP contribution in [-0.4, -0.2) is 29.8 Å². The van der Waals surface area contributed by atoms with Crippen LogP contribution in [0.2, 0.25) is 0 Å². The fourth-order valence-electron chi connectivity index (χ4n) is 2.81. The van der Waals surface area contributed by atoms with E-state index in [1.54, 1.807) is 13.0 Å². The summed E-state index contributed by atoms with van der Waals surface area (Å²) in [4.78, 5) is 49.0. The highest BCUT2D eigenvalue weighted by molar-refractivity contribution is 6.19. The van der Waals surface area contributed by atoms with Gasteiger partial charge in [0, 0.05) is 18.5 Å². The van der Waals surface area contributed by atoms with Gasteiger partial charge < -0.3 is 10.1 Å². The Bertz CT molecular complexity index is 971. The van der Waals surface area contributed by atoms with Crippen molar-refractivity contribution in [2.24, 2.45) is 0 Å². The molecule has 3 amide bonds. The van der Waals surface area contributed by atoms with Crippen LogP contribution in [0.1, 0.15) is 35.7 Å². The number of amides is 3. The number of nitrogens with one attached hydrogen (secondary N) is 1. The Morgan fingerprint density at radius 3 is 2.28 bits per heavy atom. The molecular weight excluding hydrogens is 379 g/mol. The van der Waals surface area contributed by atoms with Gasteiger partial charge in [0.2, 0.25) is 11.8 Å². The number of halogens is 1. The number of nitrogens with zero attached hydrogens (tertiary/aromatic N) is 1. The first-order valence-electron chi connectivity index (χ1n) is 9.00. The van der Waals surface area contributed by atoms with E-state index in [9.17, 15) is 23.6 Å². The molecule has 7 nitrogen and oxygen atoms in total. The Balaban J connectivity index is 1.61. The number of anilines is 2. The Morgan fingerprint density at radius 1 is 1.07 bits per heavy atom. The first-order valence-corrected chi connectivity index (χ1v) is 9.00. The van der Waals surface area contributed by atoms with Gasteiger partial charge in [-0.1, -0.05) is 6.07 Å². The zero-order chi connectivity index (χ0) is 21.1. The molecule has 0 radical (unpaired) electrons. The molecule has 150 valence electrons. The number of carbonyl (C=O) groups is 4. The predicted octanol–water partition coefficient (Wildman–Crippen LogP) is 2.97. The number of hydrogen-bond donors (Lipinski definition) is 1. The average molecular weight is 398 g/mol. The number of aryl methyl sites for hydroxylation is 1. The smallest absolute Gasteiger partial charge is 0.338 e. The lowest BCUT2D eigenvalue weighted by Gasteiger charge is -2.15. The molecular formula is C21H19FN2O5. The van der Waals surface area contributed by atoms with Crippen LogP contribution in [0, 0.1) is 12.7 Å². The van der Waals surface area contributed by atoms with Crippen molar-refractivity contribution in [3.63, 3.8) is 0 Å². The largest absolute Gasteiger partial charge is 0.449 e. The van der Waals surface area contributed by atoms with Crippen molar-refractivity contribution in [1.29, 1.82) is 0 Å². The van der Waals surface area contributed by atoms with Gasteiger partial charge in [-0.3, -0.25) is 19.3 Å². The molecule has 1 atom stereocenters. The van der Waals surface area contributed by atoms with E-state index in [2.05, 4.69) is 5.32 Å². The second kappa shape index (κ2) is 8.22. The number of rotatable bonds is 5. The lowest BCUT2D eigenvalue weighted by molar-refractivity contribution is -0.124. The highest BCUT2D eigenvalue weighted by atomic mass is 19.1. The van der Waals surface area contributed by atoms with Gasteiger partial charge in [-0.25, -0.2) is 9.18 Å². The molecule has 1 aliphatic heterocycles. The maximum absolute atomic E-state index is 13.6. The second-order valence-corrected chi connectivity index (χ2v) is 6.67. The summed E-state index contributed by atoms with van der Waals surface area (Å²) >= 11 is 0. The minimum Gasteiger partial charge on any atom is -0.449 e. The summed E-state index contributed by atoms with van der Waals surface area (Å²) < 4.78 is 18.7. The monoisotopic (exact) mass is 398 g/mol. The molecule has 29 heavy (non-hydrogen) atoms. The minimum absolute atomic E-state index is 0.161. The van der Waals surface area contributed by atoms with Crippen LogP contribution >= 0.6 is 0 Å². The molecule has 1 N–H and O–H groups in total. The van der Waals surface area contributed by atoms with E-state index in [4.69, 9.17) is 4.74 Å². The highest BCUT2D eigenvalue weighted by Crippen LogP contribution is 2.23. The van der Waals surface area contributed by atoms with Crippen LogP contribution in [0.3, 0.4) is 0 Å². The SMILES string of the molecule is Cc1ccc(NC(=O)[C@@H](C)OC(=O)c2ccc(N3C(=O)CCC3=O)cc2)cc1F. The Labute approximate surface area is 166 Å². The second-order valence-electron chi connectivity index (χ2n) is 6.67. The molecule has 0 unspecified atom stereocenters. The number of ether oxygens (including phenoxy) is 1. The van der Waals surface area contributed by atoms with Gasteiger partial charge in [0.05, 0.1) is 11.3 Å². The third-order valence-electron chi connectivity index (χ3n) is 4.51. The van der Waals surface area contributed by atoms with E-state index in [-0.39, 0.29) is 35.9 Å². The predicted molar refractivity (Wildman–Crippen MR) is 103 cm³/mol. The van der Waals surface area contributed by atoms with E-state index in [0.717, 1.165) is 4.90 Å². The molecule has 0 saturated carbocycles. The fraction of sp³-hybridized carbons (Fsp3) is 0.238. The van der Waals surface area contributed by atoms with Gasteiger partial charge in [-0.15, -0.1) is 0 Å². The normalized spacial score (nSPS) is 14.7. The summed E-state index contributed by atoms with van der Waals surface area (Å²) in [5.41, 5.74) is 1.24. The molecule has 2 aromatic rings. The lowest BCUT2D eigenvalue weighted by atomic mass is 10.2. The van der Waals surface area contributed by atoms with Gasteiger partial charge >= 0.3 is 5.97 Å². The first kappa shape index (κ1) is 20.2. The Hall–Kier alpha value is -3.55. The third kappa shape index (κ3) is 4.48. The average Bonchev–Trinajstić information content (AvgIpc) is 3.03. The summed E-state index contributed by atoms with van der Waals surface area (Å²) in [7, 11) is 0. The number of carbonyl (C=O) groups excluding carboxylic acids is 4. The third-order valence-corrected chi connectivity index (χ3v) is 4.51. The lowest BCUT2D eigenvalue weighted by Crippen LogP contribution is -2.30. The summed E-state index contributed by atoms with van der Waals surface area (Å²) in [6, 6.07) is 10.0. The molecule has 0 bridgehead atoms. The molecule has 3 rings (SSSR count). The quantitative estimate of drug-likeness (QED) is 0.617. The van der Waals surface area contributed by atoms with Crippen molar-refractivity contribution in [1.82, 2.24) is 0 Å². The van der Waals surface area contributed by atoms with Crippen LogP contribution in [0.4, 0.5) is 15.8 Å². The zero-order valence-corrected chi connectivity index (χ0v) is 15.9. The minimum atomic E-state index is -1.12. The molecule has 8 heteroatoms. The van der Waals surface area contributed by atoms with Crippen LogP contribution in [-0.2, 0) is 19.1 Å². The molecule has 1 fully saturated rings. The maximum Gasteiger partial charge on any atom is 0.338 e. The molecule has 1 aliphatic rings. The first-order chi connectivity index (χ1) is 13.8. The topological polar surface area (TPSA) is 92.8 Å². The van der Waals surface area contributed by atoms with Crippen molar-refractivity contribution in [2.75, 3.05) is 10.2 Å². The molecule has 2 aromatic carbocycles. The van der Waals surface area contributed by atoms with Gasteiger partial charge in [-0.2, -0.15) is 0 Å². The standard InChI is InChI=1S/C21H19FN2O5/c1-12-3-6-15(11-17(12)22)23-20(27)13(2)29-21(28)14-4-7-16(8-5-14)24-18(25)9-10-19(24)26/h3-8,11,13H,9-10H2,1-2H3,(H,23,27)/t13-/m1/s1. The number of benzene rings is 2. The highest BCUT2D eigenvalue weighted by Gasteiger charge is 2.30. The number of imide groups is 1. The van der Waals surface area contributed by atoms with E-state index >= 15 is 0 Å². The van der Waals surface area contributed by atoms with Crippen LogP contribution < -0.4 is 10.2 Å². The maximum atomic E-state index is 13.6. The van der Waals surface area contributed by atoms with E-state index < -0.39 is 23.8 Å². The molecule has 1 saturated heterocycles. The fourth-order valence-corrected chi connectivity index (χ4v) is 2.81. The van der Waals surface area contributed by atoms with E-state index in [1.807, 2.05) is 0 Å². The summed E-state index contributed by atoms with van der Waals surface area (Å²) in [6.07, 6.45) is -0.784. The Kier molecular flexibility index (Phi) is 5.72.